The summed E-state index contributed by atoms with van der Waals surface area (Å²) in [5.41, 5.74) is 2.68. The third kappa shape index (κ3) is 4.98. The van der Waals surface area contributed by atoms with Crippen LogP contribution in [0.25, 0.3) is 0 Å². The summed E-state index contributed by atoms with van der Waals surface area (Å²) in [5, 5.41) is 12.7. The number of thioether (sulfide) groups is 1. The van der Waals surface area contributed by atoms with Crippen LogP contribution in [0.1, 0.15) is 11.1 Å². The first kappa shape index (κ1) is 23.6. The molecule has 0 spiro atoms. The molecule has 1 aliphatic rings. The van der Waals surface area contributed by atoms with Crippen LogP contribution in [0.2, 0.25) is 5.02 Å². The molecule has 3 aromatic carbocycles. The molecule has 4 rings (SSSR count). The molecular weight excluding hydrogens is 473 g/mol. The molecule has 1 atom stereocenters. The second-order valence-corrected chi connectivity index (χ2v) is 9.27. The number of nitrogens with one attached hydrogen (secondary N) is 1. The lowest BCUT2D eigenvalue weighted by Crippen LogP contribution is -2.31. The average molecular weight is 492 g/mol. The summed E-state index contributed by atoms with van der Waals surface area (Å²) in [5.74, 6) is -1.38. The summed E-state index contributed by atoms with van der Waals surface area (Å²) in [6, 6.07) is 21.5. The summed E-state index contributed by atoms with van der Waals surface area (Å²) >= 11 is 7.06. The fourth-order valence-electron chi connectivity index (χ4n) is 3.58. The molecule has 170 valence electrons. The molecule has 0 aliphatic carbocycles. The molecular formula is C26H19ClFN3O2S. The molecule has 0 aromatic heterocycles. The van der Waals surface area contributed by atoms with Gasteiger partial charge in [0.05, 0.1) is 5.25 Å². The number of rotatable bonds is 5. The quantitative estimate of drug-likeness (QED) is 0.359. The number of amides is 2. The molecule has 1 heterocycles. The van der Waals surface area contributed by atoms with Crippen molar-refractivity contribution in [1.82, 2.24) is 0 Å². The van der Waals surface area contributed by atoms with Gasteiger partial charge in [-0.3, -0.25) is 14.5 Å². The smallest absolute Gasteiger partial charge is 0.269 e. The van der Waals surface area contributed by atoms with Crippen molar-refractivity contribution in [2.75, 3.05) is 10.2 Å². The number of halogens is 2. The van der Waals surface area contributed by atoms with Crippen LogP contribution < -0.4 is 10.2 Å². The van der Waals surface area contributed by atoms with Gasteiger partial charge in [-0.05, 0) is 73.0 Å². The monoisotopic (exact) mass is 491 g/mol. The fourth-order valence-corrected chi connectivity index (χ4v) is 5.00. The van der Waals surface area contributed by atoms with Crippen LogP contribution in [0.3, 0.4) is 0 Å². The Bertz CT molecular complexity index is 1320. The summed E-state index contributed by atoms with van der Waals surface area (Å²) in [6.45, 7) is 1.97. The number of hydrogen-bond donors (Lipinski definition) is 1. The molecule has 0 bridgehead atoms. The van der Waals surface area contributed by atoms with Crippen LogP contribution in [0, 0.1) is 24.1 Å². The number of benzene rings is 3. The Hall–Kier alpha value is -3.60. The van der Waals surface area contributed by atoms with Crippen molar-refractivity contribution in [3.63, 3.8) is 0 Å². The van der Waals surface area contributed by atoms with E-state index in [0.29, 0.717) is 22.8 Å². The van der Waals surface area contributed by atoms with E-state index in [1.807, 2.05) is 37.3 Å². The lowest BCUT2D eigenvalue weighted by molar-refractivity contribution is -0.117. The van der Waals surface area contributed by atoms with Gasteiger partial charge in [0.15, 0.2) is 0 Å². The summed E-state index contributed by atoms with van der Waals surface area (Å²) in [4.78, 5) is 27.8. The predicted octanol–water partition coefficient (Wildman–Crippen LogP) is 5.85. The highest BCUT2D eigenvalue weighted by atomic mass is 35.5. The topological polar surface area (TPSA) is 73.2 Å². The van der Waals surface area contributed by atoms with Gasteiger partial charge in [-0.15, -0.1) is 0 Å². The second kappa shape index (κ2) is 10.1. The number of nitriles is 1. The standard InChI is InChI=1S/C26H19ClFN3O2S/c1-16-4-2-3-5-17(16)14-23-25(33)31(21-12-8-19(28)9-13-21)26(34-23)22(15-29)24(32)30-20-10-6-18(27)7-11-20/h2-13,23H,14H2,1H3,(H,30,32)/b26-22-/t23-/m0/s1. The predicted molar refractivity (Wildman–Crippen MR) is 133 cm³/mol. The van der Waals surface area contributed by atoms with Crippen molar-refractivity contribution < 1.29 is 14.0 Å². The minimum absolute atomic E-state index is 0.204. The first-order valence-electron chi connectivity index (χ1n) is 10.4. The molecule has 3 aromatic rings. The van der Waals surface area contributed by atoms with E-state index in [9.17, 15) is 19.2 Å². The Morgan fingerprint density at radius 3 is 2.44 bits per heavy atom. The van der Waals surface area contributed by atoms with E-state index in [1.165, 1.54) is 29.2 Å². The number of hydrogen-bond acceptors (Lipinski definition) is 4. The first-order valence-corrected chi connectivity index (χ1v) is 11.6. The largest absolute Gasteiger partial charge is 0.321 e. The van der Waals surface area contributed by atoms with Crippen LogP contribution in [0.15, 0.2) is 83.4 Å². The van der Waals surface area contributed by atoms with Crippen molar-refractivity contribution >= 4 is 46.6 Å². The molecule has 2 amide bonds. The lowest BCUT2D eigenvalue weighted by atomic mass is 10.0. The average Bonchev–Trinajstić information content (AvgIpc) is 3.13. The highest BCUT2D eigenvalue weighted by Gasteiger charge is 2.41. The Labute approximate surface area is 205 Å². The van der Waals surface area contributed by atoms with Gasteiger partial charge in [0.1, 0.15) is 22.5 Å². The van der Waals surface area contributed by atoms with Crippen LogP contribution >= 0.6 is 23.4 Å². The van der Waals surface area contributed by atoms with E-state index in [-0.39, 0.29) is 16.5 Å². The van der Waals surface area contributed by atoms with E-state index in [0.717, 1.165) is 22.9 Å². The maximum atomic E-state index is 13.6. The van der Waals surface area contributed by atoms with Crippen molar-refractivity contribution in [2.45, 2.75) is 18.6 Å². The Kier molecular flexibility index (Phi) is 7.01. The van der Waals surface area contributed by atoms with Gasteiger partial charge < -0.3 is 5.32 Å². The van der Waals surface area contributed by atoms with Crippen molar-refractivity contribution in [1.29, 1.82) is 5.26 Å². The summed E-state index contributed by atoms with van der Waals surface area (Å²) < 4.78 is 13.6. The summed E-state index contributed by atoms with van der Waals surface area (Å²) in [7, 11) is 0. The molecule has 34 heavy (non-hydrogen) atoms. The fraction of sp³-hybridized carbons (Fsp3) is 0.115. The van der Waals surface area contributed by atoms with Crippen LogP contribution in [-0.2, 0) is 16.0 Å². The van der Waals surface area contributed by atoms with Crippen LogP contribution in [0.5, 0.6) is 0 Å². The third-order valence-corrected chi connectivity index (χ3v) is 6.87. The minimum atomic E-state index is -0.649. The zero-order valence-electron chi connectivity index (χ0n) is 18.1. The Morgan fingerprint density at radius 1 is 1.12 bits per heavy atom. The SMILES string of the molecule is Cc1ccccc1C[C@@H]1S/C(=C(/C#N)C(=O)Nc2ccc(Cl)cc2)N(c2ccc(F)cc2)C1=O. The van der Waals surface area contributed by atoms with E-state index < -0.39 is 17.0 Å². The van der Waals surface area contributed by atoms with Gasteiger partial charge in [0.2, 0.25) is 5.91 Å². The lowest BCUT2D eigenvalue weighted by Gasteiger charge is -2.18. The number of carbonyl (C=O) groups excluding carboxylic acids is 2. The van der Waals surface area contributed by atoms with Gasteiger partial charge in [0.25, 0.3) is 5.91 Å². The molecule has 1 N–H and O–H groups in total. The van der Waals surface area contributed by atoms with E-state index in [1.54, 1.807) is 24.3 Å². The van der Waals surface area contributed by atoms with Gasteiger partial charge >= 0.3 is 0 Å². The second-order valence-electron chi connectivity index (χ2n) is 7.64. The molecule has 8 heteroatoms. The van der Waals surface area contributed by atoms with Crippen molar-refractivity contribution in [2.24, 2.45) is 0 Å². The maximum Gasteiger partial charge on any atom is 0.269 e. The number of carbonyl (C=O) groups is 2. The molecule has 0 unspecified atom stereocenters. The van der Waals surface area contributed by atoms with Crippen molar-refractivity contribution in [3.05, 3.63) is 105 Å². The molecule has 0 saturated carbocycles. The minimum Gasteiger partial charge on any atom is -0.321 e. The van der Waals surface area contributed by atoms with Crippen LogP contribution in [0.4, 0.5) is 15.8 Å². The van der Waals surface area contributed by atoms with E-state index >= 15 is 0 Å². The van der Waals surface area contributed by atoms with Crippen LogP contribution in [-0.4, -0.2) is 17.1 Å². The highest BCUT2D eigenvalue weighted by molar-refractivity contribution is 8.05. The molecule has 1 aliphatic heterocycles. The number of nitrogens with zero attached hydrogens (tertiary/aromatic N) is 2. The normalized spacial score (nSPS) is 16.8. The van der Waals surface area contributed by atoms with Gasteiger partial charge in [-0.25, -0.2) is 4.39 Å². The van der Waals surface area contributed by atoms with Gasteiger partial charge in [-0.2, -0.15) is 5.26 Å². The van der Waals surface area contributed by atoms with E-state index in [2.05, 4.69) is 5.32 Å². The Balaban J connectivity index is 1.73. The third-order valence-electron chi connectivity index (χ3n) is 5.36. The molecule has 1 fully saturated rings. The van der Waals surface area contributed by atoms with Crippen molar-refractivity contribution in [3.8, 4) is 6.07 Å². The molecule has 0 radical (unpaired) electrons. The van der Waals surface area contributed by atoms with Gasteiger partial charge in [-0.1, -0.05) is 47.6 Å². The summed E-state index contributed by atoms with van der Waals surface area (Å²) in [6.07, 6.45) is 0.425. The zero-order chi connectivity index (χ0) is 24.2. The first-order chi connectivity index (χ1) is 16.4. The molecule has 1 saturated heterocycles. The Morgan fingerprint density at radius 2 is 1.79 bits per heavy atom. The number of anilines is 2. The van der Waals surface area contributed by atoms with E-state index in [4.69, 9.17) is 11.6 Å². The zero-order valence-corrected chi connectivity index (χ0v) is 19.7. The number of aryl methyl sites for hydroxylation is 1. The van der Waals surface area contributed by atoms with Gasteiger partial charge in [0, 0.05) is 16.4 Å². The highest BCUT2D eigenvalue weighted by Crippen LogP contribution is 2.42. The maximum absolute atomic E-state index is 13.6. The molecule has 5 nitrogen and oxygen atoms in total.